The first-order valence-corrected chi connectivity index (χ1v) is 9.90. The summed E-state index contributed by atoms with van der Waals surface area (Å²) in [6.45, 7) is 3.62. The summed E-state index contributed by atoms with van der Waals surface area (Å²) in [7, 11) is 0. The van der Waals surface area contributed by atoms with Gasteiger partial charge >= 0.3 is 5.97 Å². The topological polar surface area (TPSA) is 96.3 Å². The van der Waals surface area contributed by atoms with Gasteiger partial charge in [-0.05, 0) is 37.6 Å². The van der Waals surface area contributed by atoms with Crippen LogP contribution in [0.1, 0.15) is 30.5 Å². The second-order valence-electron chi connectivity index (χ2n) is 7.95. The van der Waals surface area contributed by atoms with E-state index in [0.717, 1.165) is 5.56 Å². The first kappa shape index (κ1) is 19.7. The number of rotatable bonds is 4. The van der Waals surface area contributed by atoms with Crippen molar-refractivity contribution in [2.75, 3.05) is 18.2 Å². The number of aliphatic hydroxyl groups excluding tert-OH is 1. The predicted octanol–water partition coefficient (Wildman–Crippen LogP) is 2.62. The number of aldehydes is 1. The van der Waals surface area contributed by atoms with E-state index in [2.05, 4.69) is 15.9 Å². The summed E-state index contributed by atoms with van der Waals surface area (Å²) < 4.78 is 6.58. The molecule has 0 saturated heterocycles. The minimum Gasteiger partial charge on any atom is -0.507 e. The summed E-state index contributed by atoms with van der Waals surface area (Å²) >= 11 is 3.52. The first-order valence-electron chi connectivity index (χ1n) is 9.11. The van der Waals surface area contributed by atoms with E-state index in [0.29, 0.717) is 33.5 Å². The number of carbonyl (C=O) groups excluding carboxylic acids is 2. The number of fused-ring (bicyclic) bond motifs is 2. The molecule has 2 aliphatic rings. The van der Waals surface area contributed by atoms with E-state index in [1.807, 2.05) is 26.0 Å². The lowest BCUT2D eigenvalue weighted by molar-refractivity contribution is -0.149. The fourth-order valence-corrected chi connectivity index (χ4v) is 5.01. The van der Waals surface area contributed by atoms with Crippen LogP contribution in [0.25, 0.3) is 0 Å². The number of carbonyl (C=O) groups is 2. The smallest absolute Gasteiger partial charge is 0.395 e. The molecule has 0 fully saturated rings. The highest BCUT2D eigenvalue weighted by Gasteiger charge is 2.49. The monoisotopic (exact) mass is 461 g/mol. The van der Waals surface area contributed by atoms with Crippen molar-refractivity contribution in [3.63, 3.8) is 0 Å². The van der Waals surface area contributed by atoms with Crippen LogP contribution in [-0.2, 0) is 26.3 Å². The van der Waals surface area contributed by atoms with Gasteiger partial charge in [0.05, 0.1) is 24.3 Å². The number of halogens is 1. The molecule has 152 valence electrons. The number of hydroxylamine groups is 1. The Labute approximate surface area is 175 Å². The van der Waals surface area contributed by atoms with E-state index in [1.54, 1.807) is 18.2 Å². The number of nitrogens with zero attached hydrogens (tertiary/aromatic N) is 1. The highest BCUT2D eigenvalue weighted by atomic mass is 79.9. The van der Waals surface area contributed by atoms with Gasteiger partial charge in [0.15, 0.2) is 0 Å². The molecular formula is C21H20BrNO6. The SMILES string of the molecule is CC1(C)Cc2cc(C3(CO)CN(OC(=O)C=O)c4cccc(Br)c43)c(O)cc2O1. The van der Waals surface area contributed by atoms with Crippen molar-refractivity contribution in [2.45, 2.75) is 31.3 Å². The Morgan fingerprint density at radius 2 is 2.14 bits per heavy atom. The number of anilines is 1. The van der Waals surface area contributed by atoms with Crippen LogP contribution < -0.4 is 9.80 Å². The van der Waals surface area contributed by atoms with Crippen LogP contribution in [0.3, 0.4) is 0 Å². The molecule has 0 saturated carbocycles. The zero-order chi connectivity index (χ0) is 21.0. The van der Waals surface area contributed by atoms with Gasteiger partial charge in [-0.3, -0.25) is 4.79 Å². The summed E-state index contributed by atoms with van der Waals surface area (Å²) in [6.07, 6.45) is 0.743. The van der Waals surface area contributed by atoms with Crippen molar-refractivity contribution >= 4 is 33.9 Å². The van der Waals surface area contributed by atoms with Crippen molar-refractivity contribution in [1.82, 2.24) is 0 Å². The average molecular weight is 462 g/mol. The molecule has 2 heterocycles. The minimum absolute atomic E-state index is 0.0271. The Bertz CT molecular complexity index is 1020. The number of phenols is 1. The molecule has 7 nitrogen and oxygen atoms in total. The highest BCUT2D eigenvalue weighted by molar-refractivity contribution is 9.10. The number of aliphatic hydroxyl groups is 1. The number of hydrogen-bond donors (Lipinski definition) is 2. The third kappa shape index (κ3) is 3.07. The second kappa shape index (κ2) is 6.74. The second-order valence-corrected chi connectivity index (χ2v) is 8.81. The van der Waals surface area contributed by atoms with Crippen LogP contribution in [0.15, 0.2) is 34.8 Å². The van der Waals surface area contributed by atoms with Crippen LogP contribution in [-0.4, -0.2) is 41.2 Å². The zero-order valence-electron chi connectivity index (χ0n) is 15.9. The molecule has 1 unspecified atom stereocenters. The van der Waals surface area contributed by atoms with Gasteiger partial charge in [0.2, 0.25) is 6.29 Å². The molecule has 0 spiro atoms. The number of hydrogen-bond acceptors (Lipinski definition) is 7. The third-order valence-corrected chi connectivity index (χ3v) is 6.08. The fourth-order valence-electron chi connectivity index (χ4n) is 4.27. The molecule has 0 aliphatic carbocycles. The van der Waals surface area contributed by atoms with Crippen LogP contribution in [0.2, 0.25) is 0 Å². The highest BCUT2D eigenvalue weighted by Crippen LogP contribution is 2.52. The standard InChI is InChI=1S/C21H20BrNO6/c1-20(2)8-12-6-13(16(26)7-17(12)28-20)21(11-25)10-23(29-18(27)9-24)15-5-3-4-14(22)19(15)21/h3-7,9,25-26H,8,10-11H2,1-2H3. The summed E-state index contributed by atoms with van der Waals surface area (Å²) in [6, 6.07) is 8.70. The van der Waals surface area contributed by atoms with Gasteiger partial charge in [-0.25, -0.2) is 9.86 Å². The van der Waals surface area contributed by atoms with Gasteiger partial charge in [-0.15, -0.1) is 0 Å². The normalized spacial score (nSPS) is 21.3. The Morgan fingerprint density at radius 3 is 2.83 bits per heavy atom. The molecule has 2 aliphatic heterocycles. The number of ether oxygens (including phenoxy) is 1. The molecule has 0 bridgehead atoms. The molecule has 8 heteroatoms. The zero-order valence-corrected chi connectivity index (χ0v) is 17.5. The van der Waals surface area contributed by atoms with Crippen LogP contribution in [0.4, 0.5) is 5.69 Å². The summed E-state index contributed by atoms with van der Waals surface area (Å²) in [4.78, 5) is 27.6. The Morgan fingerprint density at radius 1 is 1.38 bits per heavy atom. The van der Waals surface area contributed by atoms with Crippen molar-refractivity contribution in [3.05, 3.63) is 51.5 Å². The molecule has 1 atom stereocenters. The number of aromatic hydroxyl groups is 1. The molecule has 2 N–H and O–H groups in total. The molecular weight excluding hydrogens is 442 g/mol. The maximum Gasteiger partial charge on any atom is 0.395 e. The number of phenolic OH excluding ortho intramolecular Hbond substituents is 1. The molecule has 2 aromatic rings. The van der Waals surface area contributed by atoms with E-state index < -0.39 is 11.4 Å². The summed E-state index contributed by atoms with van der Waals surface area (Å²) in [5.74, 6) is -0.460. The van der Waals surface area contributed by atoms with E-state index in [9.17, 15) is 19.8 Å². The lowest BCUT2D eigenvalue weighted by atomic mass is 9.75. The van der Waals surface area contributed by atoms with Crippen LogP contribution in [0.5, 0.6) is 11.5 Å². The Balaban J connectivity index is 1.89. The van der Waals surface area contributed by atoms with E-state index in [4.69, 9.17) is 9.57 Å². The number of benzene rings is 2. The minimum atomic E-state index is -1.08. The van der Waals surface area contributed by atoms with Crippen molar-refractivity contribution in [2.24, 2.45) is 0 Å². The third-order valence-electron chi connectivity index (χ3n) is 5.42. The molecule has 4 rings (SSSR count). The molecule has 0 aromatic heterocycles. The van der Waals surface area contributed by atoms with Crippen LogP contribution >= 0.6 is 15.9 Å². The van der Waals surface area contributed by atoms with E-state index >= 15 is 0 Å². The largest absolute Gasteiger partial charge is 0.507 e. The summed E-state index contributed by atoms with van der Waals surface area (Å²) in [5, 5.41) is 22.6. The quantitative estimate of drug-likeness (QED) is 0.533. The Kier molecular flexibility index (Phi) is 4.59. The van der Waals surface area contributed by atoms with Gasteiger partial charge in [0.25, 0.3) is 0 Å². The van der Waals surface area contributed by atoms with Gasteiger partial charge in [0, 0.05) is 28.1 Å². The Hall–Kier alpha value is -2.58. The maximum absolute atomic E-state index is 11.6. The average Bonchev–Trinajstić information content (AvgIpc) is 3.15. The van der Waals surface area contributed by atoms with Gasteiger partial charge < -0.3 is 19.8 Å². The molecule has 0 amide bonds. The van der Waals surface area contributed by atoms with E-state index in [1.165, 1.54) is 5.06 Å². The van der Waals surface area contributed by atoms with Gasteiger partial charge in [-0.1, -0.05) is 22.0 Å². The van der Waals surface area contributed by atoms with Crippen molar-refractivity contribution in [3.8, 4) is 11.5 Å². The molecule has 0 radical (unpaired) electrons. The lowest BCUT2D eigenvalue weighted by Gasteiger charge is -2.30. The van der Waals surface area contributed by atoms with E-state index in [-0.39, 0.29) is 30.8 Å². The first-order chi connectivity index (χ1) is 13.7. The van der Waals surface area contributed by atoms with Gasteiger partial charge in [-0.2, -0.15) is 0 Å². The van der Waals surface area contributed by atoms with Gasteiger partial charge in [0.1, 0.15) is 17.1 Å². The fraction of sp³-hybridized carbons (Fsp3) is 0.333. The van der Waals surface area contributed by atoms with Crippen molar-refractivity contribution < 1.29 is 29.4 Å². The maximum atomic E-state index is 11.6. The van der Waals surface area contributed by atoms with Crippen molar-refractivity contribution in [1.29, 1.82) is 0 Å². The lowest BCUT2D eigenvalue weighted by Crippen LogP contribution is -2.39. The summed E-state index contributed by atoms with van der Waals surface area (Å²) in [5.41, 5.74) is 1.14. The van der Waals surface area contributed by atoms with Crippen LogP contribution in [0, 0.1) is 0 Å². The molecule has 29 heavy (non-hydrogen) atoms. The molecule has 2 aromatic carbocycles. The predicted molar refractivity (Wildman–Crippen MR) is 108 cm³/mol.